The van der Waals surface area contributed by atoms with E-state index in [9.17, 15) is 0 Å². The van der Waals surface area contributed by atoms with Gasteiger partial charge in [0, 0.05) is 18.9 Å². The molecule has 2 N–H and O–H groups in total. The van der Waals surface area contributed by atoms with Gasteiger partial charge in [-0.2, -0.15) is 5.10 Å². The second-order valence-electron chi connectivity index (χ2n) is 4.50. The summed E-state index contributed by atoms with van der Waals surface area (Å²) in [4.78, 5) is 9.05. The molecule has 0 atom stereocenters. The van der Waals surface area contributed by atoms with Crippen LogP contribution in [0.4, 0.5) is 5.69 Å². The minimum absolute atomic E-state index is 0.605. The molecule has 0 aliphatic carbocycles. The summed E-state index contributed by atoms with van der Waals surface area (Å²) < 4.78 is 3.94. The molecule has 3 aromatic heterocycles. The summed E-state index contributed by atoms with van der Waals surface area (Å²) >= 11 is 0. The minimum Gasteiger partial charge on any atom is -0.396 e. The van der Waals surface area contributed by atoms with E-state index in [4.69, 9.17) is 5.73 Å². The number of hydrogen-bond acceptors (Lipinski definition) is 4. The van der Waals surface area contributed by atoms with E-state index < -0.39 is 0 Å². The average molecular weight is 256 g/mol. The lowest BCUT2D eigenvalue weighted by atomic mass is 10.4. The van der Waals surface area contributed by atoms with Gasteiger partial charge in [-0.25, -0.2) is 9.97 Å². The van der Waals surface area contributed by atoms with Crippen LogP contribution in [-0.4, -0.2) is 24.3 Å². The van der Waals surface area contributed by atoms with Crippen LogP contribution in [0.1, 0.15) is 19.2 Å². The van der Waals surface area contributed by atoms with Crippen LogP contribution in [0.5, 0.6) is 0 Å². The molecule has 0 aliphatic rings. The van der Waals surface area contributed by atoms with E-state index in [2.05, 4.69) is 26.6 Å². The molecule has 3 aromatic rings. The Morgan fingerprint density at radius 1 is 1.37 bits per heavy atom. The molecule has 0 radical (unpaired) electrons. The van der Waals surface area contributed by atoms with Gasteiger partial charge in [0.1, 0.15) is 11.3 Å². The van der Waals surface area contributed by atoms with E-state index >= 15 is 0 Å². The van der Waals surface area contributed by atoms with E-state index in [-0.39, 0.29) is 0 Å². The highest BCUT2D eigenvalue weighted by Gasteiger charge is 2.11. The molecule has 0 fully saturated rings. The second kappa shape index (κ2) is 4.72. The summed E-state index contributed by atoms with van der Waals surface area (Å²) in [5, 5.41) is 4.20. The highest BCUT2D eigenvalue weighted by atomic mass is 15.3. The molecule has 98 valence electrons. The lowest BCUT2D eigenvalue weighted by Crippen LogP contribution is -2.09. The summed E-state index contributed by atoms with van der Waals surface area (Å²) in [6.45, 7) is 3.65. The molecule has 0 amide bonds. The molecule has 0 bridgehead atoms. The van der Waals surface area contributed by atoms with Gasteiger partial charge in [-0.3, -0.25) is 4.68 Å². The fraction of sp³-hybridized carbons (Fsp3) is 0.308. The summed E-state index contributed by atoms with van der Waals surface area (Å²) in [5.74, 6) is 0.957. The quantitative estimate of drug-likeness (QED) is 0.770. The molecular weight excluding hydrogens is 240 g/mol. The zero-order valence-electron chi connectivity index (χ0n) is 10.8. The molecule has 0 aliphatic heterocycles. The SMILES string of the molecule is CCCn1c(Cn2cc(N)cn2)nc2cccnc21. The third kappa shape index (κ3) is 2.16. The molecule has 19 heavy (non-hydrogen) atoms. The molecule has 0 spiro atoms. The Morgan fingerprint density at radius 3 is 3.00 bits per heavy atom. The number of aryl methyl sites for hydroxylation is 1. The van der Waals surface area contributed by atoms with Crippen LogP contribution in [0.3, 0.4) is 0 Å². The first kappa shape index (κ1) is 11.7. The molecule has 3 heterocycles. The Labute approximate surface area is 110 Å². The highest BCUT2D eigenvalue weighted by Crippen LogP contribution is 2.15. The number of nitrogen functional groups attached to an aromatic ring is 1. The van der Waals surface area contributed by atoms with Gasteiger partial charge in [0.2, 0.25) is 0 Å². The van der Waals surface area contributed by atoms with Crippen LogP contribution in [0.2, 0.25) is 0 Å². The Hall–Kier alpha value is -2.37. The number of nitrogens with two attached hydrogens (primary N) is 1. The van der Waals surface area contributed by atoms with Crippen LogP contribution in [-0.2, 0) is 13.1 Å². The predicted octanol–water partition coefficient (Wildman–Crippen LogP) is 1.67. The third-order valence-corrected chi connectivity index (χ3v) is 2.99. The summed E-state index contributed by atoms with van der Waals surface area (Å²) in [6.07, 6.45) is 6.29. The lowest BCUT2D eigenvalue weighted by molar-refractivity contribution is 0.591. The smallest absolute Gasteiger partial charge is 0.160 e. The van der Waals surface area contributed by atoms with Gasteiger partial charge in [0.25, 0.3) is 0 Å². The number of pyridine rings is 1. The van der Waals surface area contributed by atoms with Gasteiger partial charge in [-0.05, 0) is 18.6 Å². The molecule has 6 nitrogen and oxygen atoms in total. The van der Waals surface area contributed by atoms with Gasteiger partial charge < -0.3 is 10.3 Å². The van der Waals surface area contributed by atoms with Crippen molar-refractivity contribution in [1.29, 1.82) is 0 Å². The Balaban J connectivity index is 2.04. The minimum atomic E-state index is 0.605. The van der Waals surface area contributed by atoms with Crippen molar-refractivity contribution in [3.8, 4) is 0 Å². The van der Waals surface area contributed by atoms with Crippen LogP contribution in [0.25, 0.3) is 11.2 Å². The first-order valence-electron chi connectivity index (χ1n) is 6.36. The number of hydrogen-bond donors (Lipinski definition) is 1. The third-order valence-electron chi connectivity index (χ3n) is 2.99. The number of aromatic nitrogens is 5. The van der Waals surface area contributed by atoms with Crippen molar-refractivity contribution in [1.82, 2.24) is 24.3 Å². The molecule has 0 saturated carbocycles. The van der Waals surface area contributed by atoms with Crippen molar-refractivity contribution in [2.45, 2.75) is 26.4 Å². The van der Waals surface area contributed by atoms with E-state index in [0.717, 1.165) is 30.0 Å². The maximum absolute atomic E-state index is 5.68. The van der Waals surface area contributed by atoms with Crippen LogP contribution in [0, 0.1) is 0 Å². The standard InChI is InChI=1S/C13H16N6/c1-2-6-19-12(9-18-8-10(14)7-16-18)17-11-4-3-5-15-13(11)19/h3-5,7-8H,2,6,9,14H2,1H3. The van der Waals surface area contributed by atoms with Crippen molar-refractivity contribution in [3.63, 3.8) is 0 Å². The van der Waals surface area contributed by atoms with Gasteiger partial charge in [0.05, 0.1) is 18.4 Å². The van der Waals surface area contributed by atoms with Gasteiger partial charge in [-0.15, -0.1) is 0 Å². The Morgan fingerprint density at radius 2 is 2.26 bits per heavy atom. The Kier molecular flexibility index (Phi) is 2.91. The van der Waals surface area contributed by atoms with Gasteiger partial charge in [0.15, 0.2) is 5.65 Å². The number of nitrogens with zero attached hydrogens (tertiary/aromatic N) is 5. The maximum atomic E-state index is 5.68. The van der Waals surface area contributed by atoms with Gasteiger partial charge >= 0.3 is 0 Å². The highest BCUT2D eigenvalue weighted by molar-refractivity contribution is 5.71. The molecule has 0 saturated heterocycles. The topological polar surface area (TPSA) is 74.5 Å². The molecule has 6 heteroatoms. The molecular formula is C13H16N6. The second-order valence-corrected chi connectivity index (χ2v) is 4.50. The molecule has 0 unspecified atom stereocenters. The van der Waals surface area contributed by atoms with E-state index in [1.807, 2.05) is 18.3 Å². The van der Waals surface area contributed by atoms with E-state index in [0.29, 0.717) is 12.2 Å². The number of fused-ring (bicyclic) bond motifs is 1. The predicted molar refractivity (Wildman–Crippen MR) is 73.6 cm³/mol. The van der Waals surface area contributed by atoms with Crippen molar-refractivity contribution < 1.29 is 0 Å². The largest absolute Gasteiger partial charge is 0.396 e. The first-order chi connectivity index (χ1) is 9.28. The lowest BCUT2D eigenvalue weighted by Gasteiger charge is -2.06. The fourth-order valence-electron chi connectivity index (χ4n) is 2.20. The van der Waals surface area contributed by atoms with Gasteiger partial charge in [-0.1, -0.05) is 6.92 Å². The molecule has 0 aromatic carbocycles. The molecule has 3 rings (SSSR count). The monoisotopic (exact) mass is 256 g/mol. The fourth-order valence-corrected chi connectivity index (χ4v) is 2.20. The van der Waals surface area contributed by atoms with Crippen molar-refractivity contribution in [2.24, 2.45) is 0 Å². The number of rotatable bonds is 4. The zero-order valence-corrected chi connectivity index (χ0v) is 10.8. The maximum Gasteiger partial charge on any atom is 0.160 e. The van der Waals surface area contributed by atoms with E-state index in [1.165, 1.54) is 0 Å². The van der Waals surface area contributed by atoms with E-state index in [1.54, 1.807) is 17.1 Å². The summed E-state index contributed by atoms with van der Waals surface area (Å²) in [6, 6.07) is 3.89. The van der Waals surface area contributed by atoms with Crippen molar-refractivity contribution >= 4 is 16.9 Å². The summed E-state index contributed by atoms with van der Waals surface area (Å²) in [7, 11) is 0. The normalized spacial score (nSPS) is 11.2. The zero-order chi connectivity index (χ0) is 13.2. The van der Waals surface area contributed by atoms with Crippen LogP contribution in [0.15, 0.2) is 30.7 Å². The van der Waals surface area contributed by atoms with Crippen molar-refractivity contribution in [3.05, 3.63) is 36.5 Å². The first-order valence-corrected chi connectivity index (χ1v) is 6.36. The number of imidazole rings is 1. The van der Waals surface area contributed by atoms with Crippen LogP contribution < -0.4 is 5.73 Å². The Bertz CT molecular complexity index is 696. The average Bonchev–Trinajstić information content (AvgIpc) is 2.96. The van der Waals surface area contributed by atoms with Crippen molar-refractivity contribution in [2.75, 3.05) is 5.73 Å². The van der Waals surface area contributed by atoms with Crippen LogP contribution >= 0.6 is 0 Å². The number of anilines is 1. The summed E-state index contributed by atoms with van der Waals surface area (Å²) in [5.41, 5.74) is 8.20.